The molecule has 3 aromatic rings. The molecule has 0 aromatic heterocycles. The number of Topliss-reactive ketones (excluding diaryl/α,β-unsaturated/α-hetero) is 1. The summed E-state index contributed by atoms with van der Waals surface area (Å²) in [5, 5.41) is 21.4. The van der Waals surface area contributed by atoms with Crippen molar-refractivity contribution in [3.63, 3.8) is 0 Å². The van der Waals surface area contributed by atoms with Gasteiger partial charge in [0.15, 0.2) is 11.2 Å². The van der Waals surface area contributed by atoms with E-state index in [4.69, 9.17) is 11.6 Å². The maximum Gasteiger partial charge on any atom is 0.185 e. The Kier molecular flexibility index (Phi) is 4.82. The fourth-order valence-electron chi connectivity index (χ4n) is 5.14. The van der Waals surface area contributed by atoms with Gasteiger partial charge in [-0.2, -0.15) is 10.5 Å². The standard InChI is InChI=1S/C27H18ClN3O/c28-22-13-7-6-12-21(22)23-24(25(32)19-9-2-1-3-10-19)31-15-14-18-8-4-5-11-20(18)26(31)27(23,16-29)17-30/h1-15,23-24,26H/t23-,24-,26+/m0/s1. The summed E-state index contributed by atoms with van der Waals surface area (Å²) >= 11 is 6.59. The Morgan fingerprint density at radius 1 is 0.875 bits per heavy atom. The van der Waals surface area contributed by atoms with Crippen molar-refractivity contribution >= 4 is 23.5 Å². The van der Waals surface area contributed by atoms with E-state index in [-0.39, 0.29) is 5.78 Å². The second-order valence-electron chi connectivity index (χ2n) is 8.06. The van der Waals surface area contributed by atoms with Crippen LogP contribution in [0.4, 0.5) is 0 Å². The monoisotopic (exact) mass is 435 g/mol. The van der Waals surface area contributed by atoms with Gasteiger partial charge in [-0.05, 0) is 28.8 Å². The minimum atomic E-state index is -1.51. The summed E-state index contributed by atoms with van der Waals surface area (Å²) in [6.45, 7) is 0. The third-order valence-corrected chi connectivity index (χ3v) is 6.86. The van der Waals surface area contributed by atoms with Crippen LogP contribution in [0.5, 0.6) is 0 Å². The van der Waals surface area contributed by atoms with Crippen molar-refractivity contribution < 1.29 is 4.79 Å². The van der Waals surface area contributed by atoms with E-state index in [0.717, 1.165) is 11.1 Å². The topological polar surface area (TPSA) is 67.9 Å². The van der Waals surface area contributed by atoms with Gasteiger partial charge in [-0.3, -0.25) is 4.79 Å². The molecule has 2 aliphatic rings. The van der Waals surface area contributed by atoms with Crippen molar-refractivity contribution in [2.45, 2.75) is 18.0 Å². The molecule has 0 saturated carbocycles. The lowest BCUT2D eigenvalue weighted by Gasteiger charge is -2.34. The first kappa shape index (κ1) is 20.1. The molecule has 5 heteroatoms. The molecule has 3 aromatic carbocycles. The maximum atomic E-state index is 13.9. The van der Waals surface area contributed by atoms with Crippen molar-refractivity contribution in [1.29, 1.82) is 10.5 Å². The molecule has 4 nitrogen and oxygen atoms in total. The third kappa shape index (κ3) is 2.78. The first-order valence-corrected chi connectivity index (χ1v) is 10.7. The summed E-state index contributed by atoms with van der Waals surface area (Å²) in [6, 6.07) is 27.2. The summed E-state index contributed by atoms with van der Waals surface area (Å²) in [5.74, 6) is -0.878. The maximum absolute atomic E-state index is 13.9. The first-order valence-electron chi connectivity index (χ1n) is 10.3. The van der Waals surface area contributed by atoms with Gasteiger partial charge in [0, 0.05) is 22.7 Å². The van der Waals surface area contributed by atoms with Gasteiger partial charge < -0.3 is 4.90 Å². The average molecular weight is 436 g/mol. The zero-order chi connectivity index (χ0) is 22.3. The number of ketones is 1. The summed E-state index contributed by atoms with van der Waals surface area (Å²) in [6.07, 6.45) is 3.78. The first-order chi connectivity index (χ1) is 15.6. The molecule has 1 saturated heterocycles. The smallest absolute Gasteiger partial charge is 0.185 e. The van der Waals surface area contributed by atoms with E-state index in [0.29, 0.717) is 16.1 Å². The lowest BCUT2D eigenvalue weighted by Crippen LogP contribution is -2.37. The van der Waals surface area contributed by atoms with E-state index in [1.54, 1.807) is 24.3 Å². The zero-order valence-corrected chi connectivity index (χ0v) is 17.8. The minimum absolute atomic E-state index is 0.142. The molecule has 0 radical (unpaired) electrons. The Labute approximate surface area is 191 Å². The molecule has 2 aliphatic heterocycles. The fraction of sp³-hybridized carbons (Fsp3) is 0.148. The summed E-state index contributed by atoms with van der Waals surface area (Å²) in [4.78, 5) is 15.8. The van der Waals surface area contributed by atoms with E-state index in [9.17, 15) is 15.3 Å². The van der Waals surface area contributed by atoms with E-state index in [1.165, 1.54) is 0 Å². The second-order valence-corrected chi connectivity index (χ2v) is 8.47. The molecule has 0 aliphatic carbocycles. The summed E-state index contributed by atoms with van der Waals surface area (Å²) in [7, 11) is 0. The number of carbonyl (C=O) groups excluding carboxylic acids is 1. The number of benzene rings is 3. The van der Waals surface area contributed by atoms with Crippen molar-refractivity contribution in [3.05, 3.63) is 112 Å². The average Bonchev–Trinajstić information content (AvgIpc) is 3.15. The summed E-state index contributed by atoms with van der Waals surface area (Å²) < 4.78 is 0. The van der Waals surface area contributed by atoms with Gasteiger partial charge in [-0.15, -0.1) is 0 Å². The van der Waals surface area contributed by atoms with Gasteiger partial charge in [-0.1, -0.05) is 84.4 Å². The Morgan fingerprint density at radius 3 is 2.19 bits per heavy atom. The van der Waals surface area contributed by atoms with Crippen LogP contribution in [0.2, 0.25) is 5.02 Å². The molecule has 0 bridgehead atoms. The lowest BCUT2D eigenvalue weighted by molar-refractivity contribution is 0.0875. The number of carbonyl (C=O) groups is 1. The SMILES string of the molecule is N#CC1(C#N)[C@@H](c2ccccc2Cl)[C@@H](C(=O)c2ccccc2)N2C=Cc3ccccc3[C@@H]21. The van der Waals surface area contributed by atoms with Crippen LogP contribution >= 0.6 is 11.6 Å². The molecule has 5 rings (SSSR count). The van der Waals surface area contributed by atoms with Gasteiger partial charge in [0.2, 0.25) is 0 Å². The second kappa shape index (κ2) is 7.68. The van der Waals surface area contributed by atoms with E-state index in [1.807, 2.05) is 71.8 Å². The minimum Gasteiger partial charge on any atom is -0.357 e. The molecule has 154 valence electrons. The van der Waals surface area contributed by atoms with Gasteiger partial charge in [-0.25, -0.2) is 0 Å². The molecule has 3 atom stereocenters. The van der Waals surface area contributed by atoms with Gasteiger partial charge in [0.25, 0.3) is 0 Å². The predicted molar refractivity (Wildman–Crippen MR) is 122 cm³/mol. The van der Waals surface area contributed by atoms with Crippen molar-refractivity contribution in [2.24, 2.45) is 5.41 Å². The highest BCUT2D eigenvalue weighted by atomic mass is 35.5. The number of fused-ring (bicyclic) bond motifs is 3. The molecule has 1 fully saturated rings. The highest BCUT2D eigenvalue weighted by Gasteiger charge is 2.64. The number of halogens is 1. The van der Waals surface area contributed by atoms with Crippen LogP contribution in [0.15, 0.2) is 85.1 Å². The molecular weight excluding hydrogens is 418 g/mol. The fourth-order valence-corrected chi connectivity index (χ4v) is 5.39. The highest BCUT2D eigenvalue weighted by Crippen LogP contribution is 2.60. The van der Waals surface area contributed by atoms with Crippen LogP contribution in [0.3, 0.4) is 0 Å². The molecule has 32 heavy (non-hydrogen) atoms. The number of nitriles is 2. The van der Waals surface area contributed by atoms with Crippen molar-refractivity contribution in [2.75, 3.05) is 0 Å². The molecule has 2 heterocycles. The number of hydrogen-bond donors (Lipinski definition) is 0. The number of hydrogen-bond acceptors (Lipinski definition) is 4. The van der Waals surface area contributed by atoms with E-state index in [2.05, 4.69) is 12.1 Å². The number of nitrogens with zero attached hydrogens (tertiary/aromatic N) is 3. The highest BCUT2D eigenvalue weighted by molar-refractivity contribution is 6.31. The van der Waals surface area contributed by atoms with Gasteiger partial charge in [0.1, 0.15) is 6.04 Å². The molecule has 0 spiro atoms. The van der Waals surface area contributed by atoms with Crippen LogP contribution < -0.4 is 0 Å². The van der Waals surface area contributed by atoms with Crippen molar-refractivity contribution in [3.8, 4) is 12.1 Å². The van der Waals surface area contributed by atoms with Crippen LogP contribution in [0, 0.1) is 28.1 Å². The normalized spacial score (nSPS) is 22.3. The number of rotatable bonds is 3. The largest absolute Gasteiger partial charge is 0.357 e. The quantitative estimate of drug-likeness (QED) is 0.491. The van der Waals surface area contributed by atoms with Crippen LogP contribution in [0.1, 0.15) is 39.0 Å². The Hall–Kier alpha value is -3.86. The Balaban J connectivity index is 1.80. The Morgan fingerprint density at radius 2 is 1.50 bits per heavy atom. The van der Waals surface area contributed by atoms with E-state index < -0.39 is 23.4 Å². The lowest BCUT2D eigenvalue weighted by atomic mass is 9.67. The molecule has 0 N–H and O–H groups in total. The molecular formula is C27H18ClN3O. The van der Waals surface area contributed by atoms with Gasteiger partial charge in [0.05, 0.1) is 18.2 Å². The molecule has 0 unspecified atom stereocenters. The van der Waals surface area contributed by atoms with Crippen LogP contribution in [-0.2, 0) is 0 Å². The predicted octanol–water partition coefficient (Wildman–Crippen LogP) is 5.75. The van der Waals surface area contributed by atoms with Crippen LogP contribution in [-0.4, -0.2) is 16.7 Å². The van der Waals surface area contributed by atoms with Crippen LogP contribution in [0.25, 0.3) is 6.08 Å². The summed E-state index contributed by atoms with van der Waals surface area (Å²) in [5.41, 5.74) is 1.45. The van der Waals surface area contributed by atoms with Gasteiger partial charge >= 0.3 is 0 Å². The van der Waals surface area contributed by atoms with Crippen molar-refractivity contribution in [1.82, 2.24) is 4.90 Å². The molecule has 0 amide bonds. The van der Waals surface area contributed by atoms with E-state index >= 15 is 0 Å². The zero-order valence-electron chi connectivity index (χ0n) is 17.0. The third-order valence-electron chi connectivity index (χ3n) is 6.51. The Bertz CT molecular complexity index is 1300.